The van der Waals surface area contributed by atoms with Crippen molar-refractivity contribution in [3.63, 3.8) is 0 Å². The van der Waals surface area contributed by atoms with Gasteiger partial charge < -0.3 is 5.32 Å². The number of nitrogens with one attached hydrogen (secondary N) is 2. The fourth-order valence-corrected chi connectivity index (χ4v) is 4.71. The summed E-state index contributed by atoms with van der Waals surface area (Å²) >= 11 is 1.78. The summed E-state index contributed by atoms with van der Waals surface area (Å²) in [5.74, 6) is 1.79. The molecule has 1 aromatic carbocycles. The van der Waals surface area contributed by atoms with Crippen LogP contribution in [0.25, 0.3) is 0 Å². The van der Waals surface area contributed by atoms with Crippen LogP contribution in [0, 0.1) is 10.1 Å². The Bertz CT molecular complexity index is 627. The number of nitro groups is 1. The number of sulfonamides is 1. The predicted octanol–water partition coefficient (Wildman–Crippen LogP) is 1.81. The van der Waals surface area contributed by atoms with Gasteiger partial charge in [-0.25, -0.2) is 13.1 Å². The number of anilines is 1. The van der Waals surface area contributed by atoms with E-state index in [4.69, 9.17) is 0 Å². The molecule has 9 heteroatoms. The molecule has 0 spiro atoms. The van der Waals surface area contributed by atoms with E-state index in [1.807, 2.05) is 0 Å². The number of benzene rings is 1. The second-order valence-corrected chi connectivity index (χ2v) is 7.60. The molecule has 0 radical (unpaired) electrons. The molecule has 21 heavy (non-hydrogen) atoms. The first-order valence-corrected chi connectivity index (χ1v) is 9.14. The summed E-state index contributed by atoms with van der Waals surface area (Å²) in [5, 5.41) is 13.9. The highest BCUT2D eigenvalue weighted by molar-refractivity contribution is 7.99. The lowest BCUT2D eigenvalue weighted by atomic mass is 10.2. The molecule has 1 fully saturated rings. The van der Waals surface area contributed by atoms with Crippen LogP contribution in [-0.4, -0.2) is 37.9 Å². The van der Waals surface area contributed by atoms with E-state index >= 15 is 0 Å². The molecule has 1 aromatic rings. The van der Waals surface area contributed by atoms with E-state index < -0.39 is 20.6 Å². The maximum atomic E-state index is 12.4. The predicted molar refractivity (Wildman–Crippen MR) is 83.3 cm³/mol. The number of nitrogens with zero attached hydrogens (tertiary/aromatic N) is 1. The van der Waals surface area contributed by atoms with Gasteiger partial charge in [0.05, 0.1) is 4.92 Å². The molecule has 1 aliphatic heterocycles. The molecule has 1 heterocycles. The molecular formula is C12H17N3O4S2. The maximum absolute atomic E-state index is 12.4. The van der Waals surface area contributed by atoms with E-state index in [2.05, 4.69) is 10.0 Å². The van der Waals surface area contributed by atoms with Gasteiger partial charge in [0, 0.05) is 24.8 Å². The molecule has 1 saturated heterocycles. The van der Waals surface area contributed by atoms with Crippen LogP contribution in [0.2, 0.25) is 0 Å². The Kier molecular flexibility index (Phi) is 5.07. The zero-order valence-corrected chi connectivity index (χ0v) is 13.2. The smallest absolute Gasteiger partial charge is 0.291 e. The van der Waals surface area contributed by atoms with Crippen LogP contribution in [0.1, 0.15) is 12.8 Å². The second-order valence-electron chi connectivity index (χ2n) is 4.70. The van der Waals surface area contributed by atoms with Gasteiger partial charge in [-0.3, -0.25) is 10.1 Å². The van der Waals surface area contributed by atoms with Gasteiger partial charge in [0.2, 0.25) is 10.0 Å². The summed E-state index contributed by atoms with van der Waals surface area (Å²) in [6.07, 6.45) is 1.48. The van der Waals surface area contributed by atoms with Gasteiger partial charge in [-0.15, -0.1) is 0 Å². The van der Waals surface area contributed by atoms with E-state index in [1.165, 1.54) is 18.2 Å². The van der Waals surface area contributed by atoms with Gasteiger partial charge in [0.1, 0.15) is 0 Å². The number of nitro benzene ring substituents is 1. The van der Waals surface area contributed by atoms with Crippen molar-refractivity contribution in [1.82, 2.24) is 4.72 Å². The number of rotatable bonds is 5. The van der Waals surface area contributed by atoms with Gasteiger partial charge in [-0.2, -0.15) is 11.8 Å². The molecule has 2 N–H and O–H groups in total. The Hall–Kier alpha value is -1.32. The van der Waals surface area contributed by atoms with Crippen molar-refractivity contribution in [2.75, 3.05) is 23.9 Å². The summed E-state index contributed by atoms with van der Waals surface area (Å²) in [5.41, 5.74) is 0.0780. The van der Waals surface area contributed by atoms with E-state index in [-0.39, 0.29) is 10.9 Å². The average molecular weight is 331 g/mol. The Morgan fingerprint density at radius 1 is 1.33 bits per heavy atom. The highest BCUT2D eigenvalue weighted by atomic mass is 32.2. The van der Waals surface area contributed by atoms with Gasteiger partial charge in [-0.1, -0.05) is 0 Å². The number of hydrogen-bond donors (Lipinski definition) is 2. The third kappa shape index (κ3) is 3.86. The van der Waals surface area contributed by atoms with Gasteiger partial charge in [0.15, 0.2) is 4.90 Å². The van der Waals surface area contributed by atoms with Crippen LogP contribution in [0.5, 0.6) is 0 Å². The van der Waals surface area contributed by atoms with Crippen molar-refractivity contribution in [2.24, 2.45) is 0 Å². The van der Waals surface area contributed by atoms with Crippen molar-refractivity contribution in [2.45, 2.75) is 23.8 Å². The lowest BCUT2D eigenvalue weighted by molar-refractivity contribution is -0.387. The van der Waals surface area contributed by atoms with Crippen molar-refractivity contribution in [3.8, 4) is 0 Å². The van der Waals surface area contributed by atoms with Crippen molar-refractivity contribution >= 4 is 33.2 Å². The van der Waals surface area contributed by atoms with Crippen molar-refractivity contribution in [3.05, 3.63) is 28.3 Å². The second kappa shape index (κ2) is 6.63. The van der Waals surface area contributed by atoms with Crippen LogP contribution in [0.15, 0.2) is 23.1 Å². The highest BCUT2D eigenvalue weighted by Crippen LogP contribution is 2.28. The first kappa shape index (κ1) is 16.1. The first-order chi connectivity index (χ1) is 9.94. The molecule has 0 bridgehead atoms. The summed E-state index contributed by atoms with van der Waals surface area (Å²) in [6, 6.07) is 3.85. The quantitative estimate of drug-likeness (QED) is 0.630. The Labute approximate surface area is 127 Å². The number of hydrogen-bond acceptors (Lipinski definition) is 6. The van der Waals surface area contributed by atoms with Crippen LogP contribution in [0.4, 0.5) is 11.4 Å². The minimum atomic E-state index is -3.89. The normalized spacial score (nSPS) is 16.6. The monoisotopic (exact) mass is 331 g/mol. The molecule has 7 nitrogen and oxygen atoms in total. The third-order valence-electron chi connectivity index (χ3n) is 3.28. The van der Waals surface area contributed by atoms with Crippen LogP contribution < -0.4 is 10.0 Å². The largest absolute Gasteiger partial charge is 0.388 e. The topological polar surface area (TPSA) is 101 Å². The maximum Gasteiger partial charge on any atom is 0.291 e. The minimum absolute atomic E-state index is 0.153. The van der Waals surface area contributed by atoms with Crippen LogP contribution in [0.3, 0.4) is 0 Å². The Balaban J connectivity index is 2.32. The van der Waals surface area contributed by atoms with Gasteiger partial charge in [0.25, 0.3) is 5.69 Å². The Morgan fingerprint density at radius 3 is 2.57 bits per heavy atom. The highest BCUT2D eigenvalue weighted by Gasteiger charge is 2.29. The molecule has 0 amide bonds. The molecule has 0 unspecified atom stereocenters. The zero-order valence-electron chi connectivity index (χ0n) is 11.5. The van der Waals surface area contributed by atoms with E-state index in [0.29, 0.717) is 5.69 Å². The third-order valence-corrected chi connectivity index (χ3v) is 5.89. The SMILES string of the molecule is CNc1ccc(S(=O)(=O)NC2CCSCC2)c([N+](=O)[O-])c1. The van der Waals surface area contributed by atoms with Crippen LogP contribution >= 0.6 is 11.8 Å². The van der Waals surface area contributed by atoms with Crippen molar-refractivity contribution < 1.29 is 13.3 Å². The van der Waals surface area contributed by atoms with Crippen molar-refractivity contribution in [1.29, 1.82) is 0 Å². The van der Waals surface area contributed by atoms with E-state index in [0.717, 1.165) is 24.3 Å². The number of thioether (sulfide) groups is 1. The lowest BCUT2D eigenvalue weighted by Gasteiger charge is -2.22. The first-order valence-electron chi connectivity index (χ1n) is 6.50. The van der Waals surface area contributed by atoms with E-state index in [9.17, 15) is 18.5 Å². The molecule has 0 aliphatic carbocycles. The average Bonchev–Trinajstić information content (AvgIpc) is 2.47. The van der Waals surface area contributed by atoms with Crippen LogP contribution in [-0.2, 0) is 10.0 Å². The summed E-state index contributed by atoms with van der Waals surface area (Å²) in [4.78, 5) is 10.1. The fraction of sp³-hybridized carbons (Fsp3) is 0.500. The van der Waals surface area contributed by atoms with Gasteiger partial charge in [-0.05, 0) is 36.5 Å². The molecule has 0 atom stereocenters. The lowest BCUT2D eigenvalue weighted by Crippen LogP contribution is -2.37. The molecule has 0 aromatic heterocycles. The molecule has 116 valence electrons. The molecule has 2 rings (SSSR count). The minimum Gasteiger partial charge on any atom is -0.388 e. The summed E-state index contributed by atoms with van der Waals surface area (Å²) in [6.45, 7) is 0. The summed E-state index contributed by atoms with van der Waals surface area (Å²) < 4.78 is 27.3. The standard InChI is InChI=1S/C12H17N3O4S2/c1-13-10-2-3-12(11(8-10)15(16)17)21(18,19)14-9-4-6-20-7-5-9/h2-3,8-9,13-14H,4-7H2,1H3. The Morgan fingerprint density at radius 2 is 2.00 bits per heavy atom. The zero-order chi connectivity index (χ0) is 15.5. The molecule has 1 aliphatic rings. The summed E-state index contributed by atoms with van der Waals surface area (Å²) in [7, 11) is -2.27. The van der Waals surface area contributed by atoms with E-state index in [1.54, 1.807) is 18.8 Å². The van der Waals surface area contributed by atoms with Gasteiger partial charge >= 0.3 is 0 Å². The molecular weight excluding hydrogens is 314 g/mol. The molecule has 0 saturated carbocycles. The fourth-order valence-electron chi connectivity index (χ4n) is 2.14.